The number of likely N-dealkylation sites (N-methyl/N-ethyl adjacent to an activating group) is 1. The Hall–Kier alpha value is -1.22. The van der Waals surface area contributed by atoms with Gasteiger partial charge in [0.25, 0.3) is 0 Å². The van der Waals surface area contributed by atoms with Crippen LogP contribution in [0.25, 0.3) is 0 Å². The van der Waals surface area contributed by atoms with E-state index in [1.165, 1.54) is 6.07 Å². The Bertz CT molecular complexity index is 361. The third-order valence-electron chi connectivity index (χ3n) is 2.28. The minimum absolute atomic E-state index is 0.0910. The van der Waals surface area contributed by atoms with Crippen LogP contribution in [0.3, 0.4) is 0 Å². The molecule has 0 spiro atoms. The van der Waals surface area contributed by atoms with Gasteiger partial charge in [-0.2, -0.15) is 0 Å². The van der Waals surface area contributed by atoms with Crippen molar-refractivity contribution in [2.24, 2.45) is 0 Å². The molecule has 0 aliphatic heterocycles. The van der Waals surface area contributed by atoms with E-state index in [0.29, 0.717) is 11.1 Å². The molecule has 0 atom stereocenters. The van der Waals surface area contributed by atoms with Gasteiger partial charge in [-0.15, -0.1) is 0 Å². The lowest BCUT2D eigenvalue weighted by atomic mass is 9.99. The zero-order valence-electron chi connectivity index (χ0n) is 9.30. The monoisotopic (exact) mass is 209 g/mol. The second kappa shape index (κ2) is 5.03. The third kappa shape index (κ3) is 2.86. The van der Waals surface area contributed by atoms with Crippen LogP contribution in [0, 0.1) is 5.82 Å². The summed E-state index contributed by atoms with van der Waals surface area (Å²) in [5.74, 6) is -0.253. The van der Waals surface area contributed by atoms with Crippen molar-refractivity contribution in [3.63, 3.8) is 0 Å². The van der Waals surface area contributed by atoms with Crippen LogP contribution in [0.2, 0.25) is 0 Å². The molecule has 0 unspecified atom stereocenters. The van der Waals surface area contributed by atoms with Crippen LogP contribution in [-0.2, 0) is 0 Å². The van der Waals surface area contributed by atoms with Gasteiger partial charge < -0.3 is 5.32 Å². The van der Waals surface area contributed by atoms with E-state index in [9.17, 15) is 9.18 Å². The summed E-state index contributed by atoms with van der Waals surface area (Å²) in [4.78, 5) is 11.4. The van der Waals surface area contributed by atoms with Gasteiger partial charge in [0.05, 0.1) is 6.54 Å². The minimum atomic E-state index is -0.299. The lowest BCUT2D eigenvalue weighted by Gasteiger charge is -2.08. The van der Waals surface area contributed by atoms with Gasteiger partial charge in [0, 0.05) is 5.56 Å². The second-order valence-electron chi connectivity index (χ2n) is 3.84. The average molecular weight is 209 g/mol. The van der Waals surface area contributed by atoms with Gasteiger partial charge in [0.1, 0.15) is 5.82 Å². The molecule has 0 heterocycles. The quantitative estimate of drug-likeness (QED) is 0.771. The molecule has 0 saturated carbocycles. The summed E-state index contributed by atoms with van der Waals surface area (Å²) in [6.07, 6.45) is 0. The van der Waals surface area contributed by atoms with Gasteiger partial charge >= 0.3 is 0 Å². The van der Waals surface area contributed by atoms with Crippen molar-refractivity contribution >= 4 is 5.78 Å². The van der Waals surface area contributed by atoms with Crippen LogP contribution in [-0.4, -0.2) is 19.4 Å². The number of Topliss-reactive ketones (excluding diaryl/α,β-unsaturated/α-hetero) is 1. The lowest BCUT2D eigenvalue weighted by molar-refractivity contribution is 0.0993. The van der Waals surface area contributed by atoms with Crippen molar-refractivity contribution in [2.45, 2.75) is 19.8 Å². The summed E-state index contributed by atoms with van der Waals surface area (Å²) in [6.45, 7) is 4.08. The molecule has 0 aliphatic rings. The Balaban J connectivity index is 2.96. The average Bonchev–Trinajstić information content (AvgIpc) is 2.17. The molecule has 0 amide bonds. The van der Waals surface area contributed by atoms with Crippen molar-refractivity contribution < 1.29 is 9.18 Å². The number of hydrogen-bond acceptors (Lipinski definition) is 2. The minimum Gasteiger partial charge on any atom is -0.313 e. The molecule has 1 rings (SSSR count). The summed E-state index contributed by atoms with van der Waals surface area (Å²) in [5.41, 5.74) is 1.07. The number of carbonyl (C=O) groups is 1. The molecule has 15 heavy (non-hydrogen) atoms. The summed E-state index contributed by atoms with van der Waals surface area (Å²) >= 11 is 0. The largest absolute Gasteiger partial charge is 0.313 e. The summed E-state index contributed by atoms with van der Waals surface area (Å²) in [5, 5.41) is 2.75. The maximum atomic E-state index is 13.5. The highest BCUT2D eigenvalue weighted by Crippen LogP contribution is 2.19. The van der Waals surface area contributed by atoms with Crippen LogP contribution >= 0.6 is 0 Å². The Kier molecular flexibility index (Phi) is 3.97. The van der Waals surface area contributed by atoms with E-state index in [1.54, 1.807) is 19.2 Å². The maximum absolute atomic E-state index is 13.5. The first kappa shape index (κ1) is 11.9. The van der Waals surface area contributed by atoms with E-state index < -0.39 is 0 Å². The molecule has 0 radical (unpaired) electrons. The van der Waals surface area contributed by atoms with Crippen molar-refractivity contribution in [3.05, 3.63) is 35.1 Å². The van der Waals surface area contributed by atoms with Crippen molar-refractivity contribution in [2.75, 3.05) is 13.6 Å². The van der Waals surface area contributed by atoms with Crippen molar-refractivity contribution in [1.29, 1.82) is 0 Å². The van der Waals surface area contributed by atoms with Crippen LogP contribution in [0.1, 0.15) is 35.7 Å². The molecule has 1 aromatic rings. The van der Waals surface area contributed by atoms with E-state index in [-0.39, 0.29) is 24.1 Å². The van der Waals surface area contributed by atoms with Gasteiger partial charge in [0.15, 0.2) is 5.78 Å². The van der Waals surface area contributed by atoms with E-state index >= 15 is 0 Å². The van der Waals surface area contributed by atoms with E-state index in [0.717, 1.165) is 0 Å². The summed E-state index contributed by atoms with van der Waals surface area (Å²) in [7, 11) is 1.69. The highest BCUT2D eigenvalue weighted by Gasteiger charge is 2.10. The van der Waals surface area contributed by atoms with Gasteiger partial charge in [-0.25, -0.2) is 4.39 Å². The lowest BCUT2D eigenvalue weighted by Crippen LogP contribution is -2.18. The Labute approximate surface area is 89.5 Å². The Morgan fingerprint density at radius 3 is 2.60 bits per heavy atom. The van der Waals surface area contributed by atoms with Gasteiger partial charge in [-0.1, -0.05) is 26.0 Å². The predicted octanol–water partition coefficient (Wildman–Crippen LogP) is 2.35. The fourth-order valence-electron chi connectivity index (χ4n) is 1.43. The maximum Gasteiger partial charge on any atom is 0.176 e. The molecule has 0 fully saturated rings. The van der Waals surface area contributed by atoms with E-state index in [4.69, 9.17) is 0 Å². The third-order valence-corrected chi connectivity index (χ3v) is 2.28. The Morgan fingerprint density at radius 2 is 2.13 bits per heavy atom. The second-order valence-corrected chi connectivity index (χ2v) is 3.84. The van der Waals surface area contributed by atoms with Gasteiger partial charge in [0.2, 0.25) is 0 Å². The van der Waals surface area contributed by atoms with Crippen LogP contribution in [0.5, 0.6) is 0 Å². The standard InChI is InChI=1S/C12H16FNO/c1-8(2)10-5-4-9(6-11(10)13)12(15)7-14-3/h4-6,8,14H,7H2,1-3H3. The van der Waals surface area contributed by atoms with Crippen molar-refractivity contribution in [3.8, 4) is 0 Å². The SMILES string of the molecule is CNCC(=O)c1ccc(C(C)C)c(F)c1. The first-order valence-electron chi connectivity index (χ1n) is 5.03. The van der Waals surface area contributed by atoms with E-state index in [2.05, 4.69) is 5.32 Å². The highest BCUT2D eigenvalue weighted by molar-refractivity contribution is 5.97. The van der Waals surface area contributed by atoms with Crippen LogP contribution in [0.15, 0.2) is 18.2 Å². The predicted molar refractivity (Wildman–Crippen MR) is 58.7 cm³/mol. The first-order chi connectivity index (χ1) is 7.06. The molecular weight excluding hydrogens is 193 g/mol. The number of benzene rings is 1. The molecule has 1 aromatic carbocycles. The highest BCUT2D eigenvalue weighted by atomic mass is 19.1. The normalized spacial score (nSPS) is 10.7. The molecule has 0 aliphatic carbocycles. The molecule has 3 heteroatoms. The number of ketones is 1. The summed E-state index contributed by atoms with van der Waals surface area (Å²) < 4.78 is 13.5. The summed E-state index contributed by atoms with van der Waals surface area (Å²) in [6, 6.07) is 4.68. The molecule has 1 N–H and O–H groups in total. The topological polar surface area (TPSA) is 29.1 Å². The zero-order valence-corrected chi connectivity index (χ0v) is 9.30. The molecule has 0 saturated heterocycles. The van der Waals surface area contributed by atoms with Crippen molar-refractivity contribution in [1.82, 2.24) is 5.32 Å². The molecule has 0 bridgehead atoms. The van der Waals surface area contributed by atoms with Crippen LogP contribution in [0.4, 0.5) is 4.39 Å². The number of carbonyl (C=O) groups excluding carboxylic acids is 1. The molecule has 82 valence electrons. The number of rotatable bonds is 4. The number of hydrogen-bond donors (Lipinski definition) is 1. The fourth-order valence-corrected chi connectivity index (χ4v) is 1.43. The molecule has 2 nitrogen and oxygen atoms in total. The fraction of sp³-hybridized carbons (Fsp3) is 0.417. The number of nitrogens with one attached hydrogen (secondary N) is 1. The smallest absolute Gasteiger partial charge is 0.176 e. The zero-order chi connectivity index (χ0) is 11.4. The van der Waals surface area contributed by atoms with Gasteiger partial charge in [-0.05, 0) is 24.6 Å². The molecule has 0 aromatic heterocycles. The van der Waals surface area contributed by atoms with Gasteiger partial charge in [-0.3, -0.25) is 4.79 Å². The van der Waals surface area contributed by atoms with E-state index in [1.807, 2.05) is 13.8 Å². The molecular formula is C12H16FNO. The first-order valence-corrected chi connectivity index (χ1v) is 5.03. The Morgan fingerprint density at radius 1 is 1.47 bits per heavy atom. The number of halogens is 1. The van der Waals surface area contributed by atoms with Crippen LogP contribution < -0.4 is 5.32 Å².